The number of aromatic amines is 1. The van der Waals surface area contributed by atoms with Crippen LogP contribution in [0.5, 0.6) is 11.5 Å². The Labute approximate surface area is 181 Å². The van der Waals surface area contributed by atoms with E-state index >= 15 is 0 Å². The molecule has 7 nitrogen and oxygen atoms in total. The first-order chi connectivity index (χ1) is 14.0. The third-order valence-electron chi connectivity index (χ3n) is 3.70. The lowest BCUT2D eigenvalue weighted by molar-refractivity contribution is 0.269. The summed E-state index contributed by atoms with van der Waals surface area (Å²) in [5.74, 6) is 1.11. The zero-order valence-electron chi connectivity index (χ0n) is 15.3. The van der Waals surface area contributed by atoms with Gasteiger partial charge in [0.15, 0.2) is 11.5 Å². The van der Waals surface area contributed by atoms with Crippen molar-refractivity contribution in [3.63, 3.8) is 0 Å². The molecule has 0 aliphatic heterocycles. The summed E-state index contributed by atoms with van der Waals surface area (Å²) < 4.78 is 12.7. The van der Waals surface area contributed by atoms with E-state index in [1.165, 1.54) is 6.21 Å². The molecule has 0 aliphatic rings. The lowest BCUT2D eigenvalue weighted by Gasteiger charge is -2.13. The van der Waals surface area contributed by atoms with Crippen LogP contribution in [0.15, 0.2) is 52.5 Å². The van der Waals surface area contributed by atoms with Crippen LogP contribution < -0.4 is 15.0 Å². The first kappa shape index (κ1) is 21.0. The van der Waals surface area contributed by atoms with E-state index in [0.29, 0.717) is 40.3 Å². The molecule has 0 fully saturated rings. The second-order valence-electron chi connectivity index (χ2n) is 5.75. The van der Waals surface area contributed by atoms with Gasteiger partial charge in [0.1, 0.15) is 12.8 Å². The number of aromatic nitrogens is 3. The van der Waals surface area contributed by atoms with Crippen molar-refractivity contribution < 1.29 is 9.47 Å². The lowest BCUT2D eigenvalue weighted by atomic mass is 10.2. The van der Waals surface area contributed by atoms with Gasteiger partial charge in [0, 0.05) is 0 Å². The summed E-state index contributed by atoms with van der Waals surface area (Å²) in [5.41, 5.74) is 1.14. The Morgan fingerprint density at radius 2 is 2.00 bits per heavy atom. The first-order valence-electron chi connectivity index (χ1n) is 8.52. The summed E-state index contributed by atoms with van der Waals surface area (Å²) in [7, 11) is 0. The molecule has 0 aliphatic carbocycles. The number of nitrogens with one attached hydrogen (secondary N) is 1. The first-order valence-corrected chi connectivity index (χ1v) is 9.69. The molecule has 29 heavy (non-hydrogen) atoms. The maximum absolute atomic E-state index is 11.8. The summed E-state index contributed by atoms with van der Waals surface area (Å²) in [6.45, 7) is 2.63. The van der Waals surface area contributed by atoms with Crippen LogP contribution in [0.25, 0.3) is 0 Å². The Hall–Kier alpha value is -2.68. The average molecular weight is 451 g/mol. The smallest absolute Gasteiger partial charge is 0.293 e. The minimum absolute atomic E-state index is 0.0976. The van der Waals surface area contributed by atoms with Crippen molar-refractivity contribution in [1.82, 2.24) is 14.9 Å². The minimum Gasteiger partial charge on any atom is -0.490 e. The third-order valence-corrected chi connectivity index (χ3v) is 4.71. The molecular weight excluding hydrogens is 435 g/mol. The maximum Gasteiger partial charge on any atom is 0.293 e. The fraction of sp³-hybridized carbons (Fsp3) is 0.158. The van der Waals surface area contributed by atoms with Gasteiger partial charge in [0.25, 0.3) is 5.56 Å². The number of rotatable bonds is 7. The fourth-order valence-corrected chi connectivity index (χ4v) is 2.87. The Morgan fingerprint density at radius 3 is 2.72 bits per heavy atom. The van der Waals surface area contributed by atoms with Crippen molar-refractivity contribution in [2.75, 3.05) is 6.61 Å². The van der Waals surface area contributed by atoms with E-state index in [-0.39, 0.29) is 4.77 Å². The third kappa shape index (κ3) is 5.44. The minimum atomic E-state index is -0.434. The van der Waals surface area contributed by atoms with Gasteiger partial charge in [-0.3, -0.25) is 9.89 Å². The van der Waals surface area contributed by atoms with E-state index in [9.17, 15) is 4.79 Å². The Morgan fingerprint density at radius 1 is 1.17 bits per heavy atom. The molecule has 1 N–H and O–H groups in total. The molecule has 0 radical (unpaired) electrons. The number of ether oxygens (including phenoxy) is 2. The Kier molecular flexibility index (Phi) is 7.03. The second-order valence-corrected chi connectivity index (χ2v) is 6.95. The normalized spacial score (nSPS) is 11.0. The van der Waals surface area contributed by atoms with E-state index in [1.807, 2.05) is 13.0 Å². The molecule has 0 amide bonds. The van der Waals surface area contributed by atoms with Gasteiger partial charge in [0.05, 0.1) is 22.9 Å². The molecule has 0 saturated heterocycles. The topological polar surface area (TPSA) is 81.5 Å². The van der Waals surface area contributed by atoms with Crippen LogP contribution in [0.4, 0.5) is 0 Å². The predicted octanol–water partition coefficient (Wildman–Crippen LogP) is 4.47. The quantitative estimate of drug-likeness (QED) is 0.424. The highest BCUT2D eigenvalue weighted by Gasteiger charge is 2.08. The van der Waals surface area contributed by atoms with Crippen LogP contribution in [0.2, 0.25) is 10.0 Å². The van der Waals surface area contributed by atoms with Crippen molar-refractivity contribution in [3.05, 3.63) is 78.9 Å². The zero-order valence-corrected chi connectivity index (χ0v) is 17.6. The van der Waals surface area contributed by atoms with E-state index in [0.717, 1.165) is 16.4 Å². The van der Waals surface area contributed by atoms with Crippen LogP contribution >= 0.6 is 35.4 Å². The van der Waals surface area contributed by atoms with E-state index in [2.05, 4.69) is 15.3 Å². The van der Waals surface area contributed by atoms with E-state index in [4.69, 9.17) is 44.9 Å². The van der Waals surface area contributed by atoms with Crippen molar-refractivity contribution in [2.45, 2.75) is 13.5 Å². The Balaban J connectivity index is 1.81. The number of nitrogens with zero attached hydrogens (tertiary/aromatic N) is 3. The average Bonchev–Trinajstić information content (AvgIpc) is 2.70. The van der Waals surface area contributed by atoms with Gasteiger partial charge in [0.2, 0.25) is 4.77 Å². The van der Waals surface area contributed by atoms with E-state index < -0.39 is 5.56 Å². The van der Waals surface area contributed by atoms with Gasteiger partial charge in [-0.15, -0.1) is 0 Å². The van der Waals surface area contributed by atoms with Crippen LogP contribution in [-0.2, 0) is 6.61 Å². The van der Waals surface area contributed by atoms with Crippen LogP contribution in [0, 0.1) is 4.77 Å². The van der Waals surface area contributed by atoms with Crippen molar-refractivity contribution in [2.24, 2.45) is 5.10 Å². The van der Waals surface area contributed by atoms with Gasteiger partial charge >= 0.3 is 0 Å². The number of H-pyrrole nitrogens is 1. The van der Waals surface area contributed by atoms with Gasteiger partial charge < -0.3 is 9.47 Å². The molecule has 10 heteroatoms. The SMILES string of the molecule is CCOc1cc(/C=N\n2c(=O)cn[nH]c2=S)ccc1OCc1ccc(Cl)c(Cl)c1. The zero-order chi connectivity index (χ0) is 20.8. The summed E-state index contributed by atoms with van der Waals surface area (Å²) in [6, 6.07) is 10.6. The summed E-state index contributed by atoms with van der Waals surface area (Å²) in [4.78, 5) is 11.8. The molecule has 0 unspecified atom stereocenters. The number of hydrogen-bond donors (Lipinski definition) is 1. The molecule has 150 valence electrons. The summed E-state index contributed by atoms with van der Waals surface area (Å²) in [6.07, 6.45) is 2.59. The molecule has 0 saturated carbocycles. The van der Waals surface area contributed by atoms with Crippen molar-refractivity contribution in [1.29, 1.82) is 0 Å². The molecule has 3 rings (SSSR count). The molecule has 0 atom stereocenters. The van der Waals surface area contributed by atoms with Gasteiger partial charge in [-0.2, -0.15) is 14.9 Å². The highest BCUT2D eigenvalue weighted by Crippen LogP contribution is 2.30. The van der Waals surface area contributed by atoms with Crippen LogP contribution in [0.1, 0.15) is 18.1 Å². The molecule has 2 aromatic carbocycles. The van der Waals surface area contributed by atoms with Gasteiger partial charge in [-0.1, -0.05) is 29.3 Å². The van der Waals surface area contributed by atoms with Crippen LogP contribution in [-0.4, -0.2) is 27.7 Å². The number of halogens is 2. The number of hydrogen-bond acceptors (Lipinski definition) is 6. The molecule has 1 aromatic heterocycles. The monoisotopic (exact) mass is 450 g/mol. The highest BCUT2D eigenvalue weighted by atomic mass is 35.5. The molecular formula is C19H16Cl2N4O3S. The lowest BCUT2D eigenvalue weighted by Crippen LogP contribution is -2.18. The highest BCUT2D eigenvalue weighted by molar-refractivity contribution is 7.71. The van der Waals surface area contributed by atoms with Crippen molar-refractivity contribution >= 4 is 41.6 Å². The Bertz CT molecular complexity index is 1130. The van der Waals surface area contributed by atoms with Crippen LogP contribution in [0.3, 0.4) is 0 Å². The van der Waals surface area contributed by atoms with Crippen molar-refractivity contribution in [3.8, 4) is 11.5 Å². The fourth-order valence-electron chi connectivity index (χ4n) is 2.36. The largest absolute Gasteiger partial charge is 0.490 e. The second kappa shape index (κ2) is 9.69. The predicted molar refractivity (Wildman–Crippen MR) is 115 cm³/mol. The van der Waals surface area contributed by atoms with Gasteiger partial charge in [-0.25, -0.2) is 0 Å². The molecule has 3 aromatic rings. The standard InChI is InChI=1S/C19H16Cl2N4O3S/c1-2-27-17-8-12(9-23-25-18(26)10-22-24-19(25)29)4-6-16(17)28-11-13-3-5-14(20)15(21)7-13/h3-10H,2,11H2,1H3,(H,24,29)/b23-9-. The number of benzene rings is 2. The summed E-state index contributed by atoms with van der Waals surface area (Å²) >= 11 is 17.0. The van der Waals surface area contributed by atoms with E-state index in [1.54, 1.807) is 30.3 Å². The maximum atomic E-state index is 11.8. The summed E-state index contributed by atoms with van der Waals surface area (Å²) in [5, 5.41) is 11.2. The molecule has 0 spiro atoms. The van der Waals surface area contributed by atoms with Gasteiger partial charge in [-0.05, 0) is 60.6 Å². The molecule has 0 bridgehead atoms. The molecule has 1 heterocycles.